The van der Waals surface area contributed by atoms with Gasteiger partial charge in [0.25, 0.3) is 5.22 Å². The van der Waals surface area contributed by atoms with Gasteiger partial charge in [0, 0.05) is 17.9 Å². The summed E-state index contributed by atoms with van der Waals surface area (Å²) in [6.45, 7) is 0.389. The maximum atomic E-state index is 11.4. The first-order valence-electron chi connectivity index (χ1n) is 6.34. The largest absolute Gasteiger partial charge is 0.411 e. The average molecular weight is 304 g/mol. The van der Waals surface area contributed by atoms with Crippen LogP contribution in [0.15, 0.2) is 40.0 Å². The molecule has 1 fully saturated rings. The zero-order chi connectivity index (χ0) is 14.7. The van der Waals surface area contributed by atoms with Gasteiger partial charge in [0.2, 0.25) is 11.8 Å². The van der Waals surface area contributed by atoms with Crippen molar-refractivity contribution in [2.75, 3.05) is 18.8 Å². The molecule has 1 saturated heterocycles. The summed E-state index contributed by atoms with van der Waals surface area (Å²) in [6, 6.07) is 9.11. The van der Waals surface area contributed by atoms with E-state index in [2.05, 4.69) is 15.5 Å². The number of imide groups is 1. The van der Waals surface area contributed by atoms with E-state index < -0.39 is 0 Å². The molecule has 0 radical (unpaired) electrons. The molecule has 2 aromatic rings. The van der Waals surface area contributed by atoms with Gasteiger partial charge in [-0.05, 0) is 12.1 Å². The maximum Gasteiger partial charge on any atom is 0.324 e. The minimum atomic E-state index is -0.351. The lowest BCUT2D eigenvalue weighted by Gasteiger charge is -2.10. The molecule has 0 spiro atoms. The van der Waals surface area contributed by atoms with Gasteiger partial charge in [-0.3, -0.25) is 9.69 Å². The molecule has 2 heterocycles. The Morgan fingerprint density at radius 3 is 2.76 bits per heavy atom. The number of carbonyl (C=O) groups excluding carboxylic acids is 2. The van der Waals surface area contributed by atoms with Gasteiger partial charge in [0.15, 0.2) is 0 Å². The van der Waals surface area contributed by atoms with Crippen molar-refractivity contribution in [3.05, 3.63) is 30.3 Å². The number of nitrogens with one attached hydrogen (secondary N) is 1. The van der Waals surface area contributed by atoms with Gasteiger partial charge in [0.1, 0.15) is 0 Å². The summed E-state index contributed by atoms with van der Waals surface area (Å²) < 4.78 is 5.52. The first-order valence-corrected chi connectivity index (χ1v) is 7.32. The molecule has 1 N–H and O–H groups in total. The van der Waals surface area contributed by atoms with Crippen molar-refractivity contribution in [2.45, 2.75) is 5.22 Å². The van der Waals surface area contributed by atoms with Crippen LogP contribution in [0.4, 0.5) is 4.79 Å². The highest BCUT2D eigenvalue weighted by molar-refractivity contribution is 7.99. The second kappa shape index (κ2) is 5.96. The molecule has 0 saturated carbocycles. The van der Waals surface area contributed by atoms with Crippen LogP contribution < -0.4 is 5.32 Å². The van der Waals surface area contributed by atoms with E-state index in [0.717, 1.165) is 5.56 Å². The molecule has 1 aromatic carbocycles. The number of aromatic nitrogens is 2. The molecule has 8 heteroatoms. The van der Waals surface area contributed by atoms with Crippen molar-refractivity contribution in [3.63, 3.8) is 0 Å². The molecule has 1 aliphatic heterocycles. The van der Waals surface area contributed by atoms with E-state index >= 15 is 0 Å². The highest BCUT2D eigenvalue weighted by atomic mass is 32.2. The number of hydrogen-bond donors (Lipinski definition) is 1. The molecular weight excluding hydrogens is 292 g/mol. The standard InChI is InChI=1S/C13H12N4O3S/c18-10-8-14-12(19)17(10)6-7-21-13-16-15-11(20-13)9-4-2-1-3-5-9/h1-5H,6-8H2,(H,14,19). The number of carbonyl (C=O) groups is 2. The maximum absolute atomic E-state index is 11.4. The fraction of sp³-hybridized carbons (Fsp3) is 0.231. The molecule has 21 heavy (non-hydrogen) atoms. The second-order valence-corrected chi connectivity index (χ2v) is 5.34. The van der Waals surface area contributed by atoms with E-state index in [1.54, 1.807) is 0 Å². The summed E-state index contributed by atoms with van der Waals surface area (Å²) in [5.41, 5.74) is 0.853. The van der Waals surface area contributed by atoms with Gasteiger partial charge in [-0.15, -0.1) is 10.2 Å². The Morgan fingerprint density at radius 1 is 1.24 bits per heavy atom. The van der Waals surface area contributed by atoms with Crippen molar-refractivity contribution >= 4 is 23.7 Å². The van der Waals surface area contributed by atoms with Crippen LogP contribution in [0.2, 0.25) is 0 Å². The van der Waals surface area contributed by atoms with Crippen LogP contribution in [0.25, 0.3) is 11.5 Å². The number of benzene rings is 1. The fourth-order valence-electron chi connectivity index (χ4n) is 1.87. The van der Waals surface area contributed by atoms with Gasteiger partial charge in [-0.1, -0.05) is 30.0 Å². The first-order chi connectivity index (χ1) is 10.2. The minimum Gasteiger partial charge on any atom is -0.411 e. The fourth-order valence-corrected chi connectivity index (χ4v) is 2.56. The van der Waals surface area contributed by atoms with Crippen molar-refractivity contribution in [1.29, 1.82) is 0 Å². The SMILES string of the molecule is O=C1CNC(=O)N1CCSc1nnc(-c2ccccc2)o1. The molecule has 3 amide bonds. The van der Waals surface area contributed by atoms with E-state index in [4.69, 9.17) is 4.42 Å². The number of rotatable bonds is 5. The molecule has 0 aliphatic carbocycles. The van der Waals surface area contributed by atoms with Crippen LogP contribution >= 0.6 is 11.8 Å². The predicted octanol–water partition coefficient (Wildman–Crippen LogP) is 1.38. The van der Waals surface area contributed by atoms with Gasteiger partial charge in [-0.25, -0.2) is 4.79 Å². The van der Waals surface area contributed by atoms with Crippen LogP contribution in [0.3, 0.4) is 0 Å². The number of hydrogen-bond acceptors (Lipinski definition) is 6. The number of urea groups is 1. The van der Waals surface area contributed by atoms with Crippen LogP contribution in [-0.2, 0) is 4.79 Å². The summed E-state index contributed by atoms with van der Waals surface area (Å²) in [5, 5.41) is 10.8. The summed E-state index contributed by atoms with van der Waals surface area (Å²) in [4.78, 5) is 23.9. The highest BCUT2D eigenvalue weighted by Gasteiger charge is 2.27. The number of thioether (sulfide) groups is 1. The lowest BCUT2D eigenvalue weighted by Crippen LogP contribution is -2.32. The molecule has 3 rings (SSSR count). The minimum absolute atomic E-state index is 0.0716. The monoisotopic (exact) mass is 304 g/mol. The highest BCUT2D eigenvalue weighted by Crippen LogP contribution is 2.22. The van der Waals surface area contributed by atoms with Crippen LogP contribution in [-0.4, -0.2) is 45.9 Å². The molecule has 0 unspecified atom stereocenters. The summed E-state index contributed by atoms with van der Waals surface area (Å²) in [5.74, 6) is 0.750. The normalized spacial score (nSPS) is 14.6. The lowest BCUT2D eigenvalue weighted by atomic mass is 10.2. The Labute approximate surface area is 124 Å². The number of amides is 3. The van der Waals surface area contributed by atoms with Crippen molar-refractivity contribution in [3.8, 4) is 11.5 Å². The zero-order valence-electron chi connectivity index (χ0n) is 11.0. The average Bonchev–Trinajstić information content (AvgIpc) is 3.10. The summed E-state index contributed by atoms with van der Waals surface area (Å²) >= 11 is 1.31. The molecular formula is C13H12N4O3S. The van der Waals surface area contributed by atoms with Gasteiger partial charge in [-0.2, -0.15) is 0 Å². The van der Waals surface area contributed by atoms with Gasteiger partial charge in [0.05, 0.1) is 6.54 Å². The molecule has 7 nitrogen and oxygen atoms in total. The third-order valence-corrected chi connectivity index (χ3v) is 3.70. The molecule has 1 aliphatic rings. The molecule has 1 aromatic heterocycles. The summed E-state index contributed by atoms with van der Waals surface area (Å²) in [7, 11) is 0. The second-order valence-electron chi connectivity index (χ2n) is 4.29. The predicted molar refractivity (Wildman–Crippen MR) is 75.6 cm³/mol. The smallest absolute Gasteiger partial charge is 0.324 e. The topological polar surface area (TPSA) is 88.3 Å². The van der Waals surface area contributed by atoms with Crippen LogP contribution in [0.1, 0.15) is 0 Å². The van der Waals surface area contributed by atoms with Crippen molar-refractivity contribution in [1.82, 2.24) is 20.4 Å². The van der Waals surface area contributed by atoms with Gasteiger partial charge >= 0.3 is 6.03 Å². The Morgan fingerprint density at radius 2 is 2.05 bits per heavy atom. The number of nitrogens with zero attached hydrogens (tertiary/aromatic N) is 3. The lowest BCUT2D eigenvalue weighted by molar-refractivity contribution is -0.124. The van der Waals surface area contributed by atoms with Crippen molar-refractivity contribution < 1.29 is 14.0 Å². The third kappa shape index (κ3) is 3.05. The quantitative estimate of drug-likeness (QED) is 0.663. The Bertz CT molecular complexity index is 642. The van der Waals surface area contributed by atoms with E-state index in [1.165, 1.54) is 16.7 Å². The Kier molecular flexibility index (Phi) is 3.87. The zero-order valence-corrected chi connectivity index (χ0v) is 11.8. The molecule has 108 valence electrons. The van der Waals surface area contributed by atoms with Crippen LogP contribution in [0, 0.1) is 0 Å². The molecule has 0 atom stereocenters. The van der Waals surface area contributed by atoms with Crippen LogP contribution in [0.5, 0.6) is 0 Å². The van der Waals surface area contributed by atoms with E-state index in [-0.39, 0.29) is 18.5 Å². The van der Waals surface area contributed by atoms with E-state index in [0.29, 0.717) is 23.4 Å². The molecule has 0 bridgehead atoms. The van der Waals surface area contributed by atoms with Gasteiger partial charge < -0.3 is 9.73 Å². The third-order valence-electron chi connectivity index (χ3n) is 2.90. The first kappa shape index (κ1) is 13.6. The summed E-state index contributed by atoms with van der Waals surface area (Å²) in [6.07, 6.45) is 0. The Balaban J connectivity index is 1.56. The Hall–Kier alpha value is -2.35. The van der Waals surface area contributed by atoms with E-state index in [1.807, 2.05) is 30.3 Å². The van der Waals surface area contributed by atoms with E-state index in [9.17, 15) is 9.59 Å². The van der Waals surface area contributed by atoms with Crippen molar-refractivity contribution in [2.24, 2.45) is 0 Å².